The third-order valence-electron chi connectivity index (χ3n) is 4.35. The zero-order valence-electron chi connectivity index (χ0n) is 16.2. The Morgan fingerprint density at radius 3 is 2.50 bits per heavy atom. The summed E-state index contributed by atoms with van der Waals surface area (Å²) in [5, 5.41) is 3.80. The van der Waals surface area contributed by atoms with Crippen LogP contribution < -0.4 is 10.9 Å². The van der Waals surface area contributed by atoms with Gasteiger partial charge in [-0.2, -0.15) is 0 Å². The fourth-order valence-electron chi connectivity index (χ4n) is 2.99. The normalized spacial score (nSPS) is 11.7. The van der Waals surface area contributed by atoms with Crippen molar-refractivity contribution in [3.8, 4) is 0 Å². The van der Waals surface area contributed by atoms with Crippen LogP contribution in [-0.2, 0) is 11.3 Å². The van der Waals surface area contributed by atoms with Crippen LogP contribution in [0.15, 0.2) is 34.2 Å². The van der Waals surface area contributed by atoms with Crippen LogP contribution in [-0.4, -0.2) is 51.8 Å². The molecule has 1 amide bonds. The van der Waals surface area contributed by atoms with Gasteiger partial charge in [0.15, 0.2) is 5.16 Å². The summed E-state index contributed by atoms with van der Waals surface area (Å²) >= 11 is 1.30. The number of rotatable bonds is 8. The van der Waals surface area contributed by atoms with Gasteiger partial charge in [-0.3, -0.25) is 19.1 Å². The van der Waals surface area contributed by atoms with E-state index in [1.54, 1.807) is 17.7 Å². The second kappa shape index (κ2) is 9.19. The number of hydrogen-bond acceptors (Lipinski definition) is 5. The van der Waals surface area contributed by atoms with Crippen LogP contribution in [0.25, 0.3) is 10.9 Å². The van der Waals surface area contributed by atoms with E-state index >= 15 is 0 Å². The first-order chi connectivity index (χ1) is 12.3. The number of benzene rings is 1. The average Bonchev–Trinajstić information content (AvgIpc) is 2.61. The Bertz CT molecular complexity index is 809. The Labute approximate surface area is 159 Å². The van der Waals surface area contributed by atoms with Crippen LogP contribution in [0.3, 0.4) is 0 Å². The average molecular weight is 377 g/mol. The minimum atomic E-state index is -0.0880. The highest BCUT2D eigenvalue weighted by Crippen LogP contribution is 2.18. The molecule has 26 heavy (non-hydrogen) atoms. The molecule has 142 valence electrons. The maximum atomic E-state index is 13.0. The summed E-state index contributed by atoms with van der Waals surface area (Å²) in [7, 11) is 1.60. The molecular weight excluding hydrogens is 348 g/mol. The summed E-state index contributed by atoms with van der Waals surface area (Å²) in [6.07, 6.45) is 0. The fraction of sp³-hybridized carbons (Fsp3) is 0.526. The number of fused-ring (bicyclic) bond motifs is 1. The Morgan fingerprint density at radius 2 is 1.88 bits per heavy atom. The lowest BCUT2D eigenvalue weighted by molar-refractivity contribution is -0.118. The number of nitrogens with zero attached hydrogens (tertiary/aromatic N) is 3. The van der Waals surface area contributed by atoms with Crippen LogP contribution >= 0.6 is 11.8 Å². The lowest BCUT2D eigenvalue weighted by Crippen LogP contribution is -2.40. The first kappa shape index (κ1) is 20.5. The van der Waals surface area contributed by atoms with Gasteiger partial charge >= 0.3 is 0 Å². The number of thioether (sulfide) groups is 1. The molecule has 0 aliphatic heterocycles. The molecule has 2 rings (SSSR count). The lowest BCUT2D eigenvalue weighted by Gasteiger charge is -2.30. The molecule has 0 spiro atoms. The molecule has 0 saturated carbocycles. The summed E-state index contributed by atoms with van der Waals surface area (Å²) in [5.74, 6) is 0.147. The Morgan fingerprint density at radius 1 is 1.23 bits per heavy atom. The molecule has 1 aromatic heterocycles. The van der Waals surface area contributed by atoms with E-state index in [9.17, 15) is 9.59 Å². The van der Waals surface area contributed by atoms with Crippen molar-refractivity contribution in [1.29, 1.82) is 0 Å². The monoisotopic (exact) mass is 376 g/mol. The number of amides is 1. The smallest absolute Gasteiger partial charge is 0.262 e. The second-order valence-corrected chi connectivity index (χ2v) is 7.70. The van der Waals surface area contributed by atoms with Crippen LogP contribution in [0.2, 0.25) is 0 Å². The molecule has 7 heteroatoms. The zero-order chi connectivity index (χ0) is 19.3. The number of carbonyl (C=O) groups excluding carboxylic acids is 1. The van der Waals surface area contributed by atoms with Gasteiger partial charge in [-0.05, 0) is 39.8 Å². The number of hydrogen-bond donors (Lipinski definition) is 1. The molecule has 1 aromatic carbocycles. The van der Waals surface area contributed by atoms with Gasteiger partial charge < -0.3 is 5.32 Å². The van der Waals surface area contributed by atoms with Crippen LogP contribution in [0.1, 0.15) is 27.7 Å². The third kappa shape index (κ3) is 4.86. The van der Waals surface area contributed by atoms with Gasteiger partial charge in [-0.1, -0.05) is 23.9 Å². The van der Waals surface area contributed by atoms with Gasteiger partial charge in [0.2, 0.25) is 5.91 Å². The van der Waals surface area contributed by atoms with E-state index in [1.165, 1.54) is 11.8 Å². The number of aromatic nitrogens is 2. The van der Waals surface area contributed by atoms with Gasteiger partial charge in [0, 0.05) is 32.2 Å². The molecule has 2 aromatic rings. The van der Waals surface area contributed by atoms with E-state index in [2.05, 4.69) is 42.9 Å². The van der Waals surface area contributed by atoms with Crippen molar-refractivity contribution in [3.05, 3.63) is 34.6 Å². The molecule has 0 aliphatic carbocycles. The molecule has 6 nitrogen and oxygen atoms in total. The van der Waals surface area contributed by atoms with Gasteiger partial charge in [0.25, 0.3) is 5.56 Å². The first-order valence-corrected chi connectivity index (χ1v) is 9.92. The van der Waals surface area contributed by atoms with E-state index in [-0.39, 0.29) is 17.2 Å². The Kier molecular flexibility index (Phi) is 7.23. The fourth-order valence-corrected chi connectivity index (χ4v) is 3.88. The largest absolute Gasteiger partial charge is 0.358 e. The predicted molar refractivity (Wildman–Crippen MR) is 108 cm³/mol. The first-order valence-electron chi connectivity index (χ1n) is 8.93. The quantitative estimate of drug-likeness (QED) is 0.566. The SMILES string of the molecule is CNC(=O)CSc1nc2ccccc2c(=O)n1CCN(C(C)C)C(C)C. The van der Waals surface area contributed by atoms with E-state index < -0.39 is 0 Å². The molecule has 0 unspecified atom stereocenters. The van der Waals surface area contributed by atoms with Crippen LogP contribution in [0, 0.1) is 0 Å². The molecule has 1 heterocycles. The van der Waals surface area contributed by atoms with Crippen LogP contribution in [0.4, 0.5) is 0 Å². The zero-order valence-corrected chi connectivity index (χ0v) is 17.0. The van der Waals surface area contributed by atoms with E-state index in [0.29, 0.717) is 34.7 Å². The maximum Gasteiger partial charge on any atom is 0.262 e. The summed E-state index contributed by atoms with van der Waals surface area (Å²) in [4.78, 5) is 31.6. The van der Waals surface area contributed by atoms with Crippen molar-refractivity contribution in [3.63, 3.8) is 0 Å². The molecule has 0 aliphatic rings. The van der Waals surface area contributed by atoms with Crippen molar-refractivity contribution < 1.29 is 4.79 Å². The van der Waals surface area contributed by atoms with Gasteiger partial charge in [-0.15, -0.1) is 0 Å². The Balaban J connectivity index is 2.39. The van der Waals surface area contributed by atoms with Crippen molar-refractivity contribution in [2.75, 3.05) is 19.3 Å². The molecule has 0 radical (unpaired) electrons. The van der Waals surface area contributed by atoms with Gasteiger partial charge in [0.05, 0.1) is 16.7 Å². The molecule has 0 bridgehead atoms. The van der Waals surface area contributed by atoms with Crippen LogP contribution in [0.5, 0.6) is 0 Å². The topological polar surface area (TPSA) is 67.2 Å². The molecule has 0 fully saturated rings. The third-order valence-corrected chi connectivity index (χ3v) is 5.32. The maximum absolute atomic E-state index is 13.0. The van der Waals surface area contributed by atoms with Crippen molar-refractivity contribution in [1.82, 2.24) is 19.8 Å². The Hall–Kier alpha value is -1.86. The summed E-state index contributed by atoms with van der Waals surface area (Å²) in [5.41, 5.74) is 0.611. The van der Waals surface area contributed by atoms with E-state index in [1.807, 2.05) is 18.2 Å². The highest BCUT2D eigenvalue weighted by molar-refractivity contribution is 7.99. The summed E-state index contributed by atoms with van der Waals surface area (Å²) < 4.78 is 1.70. The van der Waals surface area contributed by atoms with Crippen molar-refractivity contribution in [2.45, 2.75) is 51.5 Å². The highest BCUT2D eigenvalue weighted by Gasteiger charge is 2.17. The lowest BCUT2D eigenvalue weighted by atomic mass is 10.2. The highest BCUT2D eigenvalue weighted by atomic mass is 32.2. The molecule has 0 atom stereocenters. The standard InChI is InChI=1S/C19H28N4O2S/c1-13(2)22(14(3)4)10-11-23-18(25)15-8-6-7-9-16(15)21-19(23)26-12-17(24)20-5/h6-9,13-14H,10-12H2,1-5H3,(H,20,24). The minimum absolute atomic E-state index is 0.0533. The van der Waals surface area contributed by atoms with E-state index in [4.69, 9.17) is 0 Å². The van der Waals surface area contributed by atoms with E-state index in [0.717, 1.165) is 6.54 Å². The predicted octanol–water partition coefficient (Wildman–Crippen LogP) is 2.35. The molecule has 0 saturated heterocycles. The molecule has 1 N–H and O–H groups in total. The second-order valence-electron chi connectivity index (χ2n) is 6.76. The number of nitrogens with one attached hydrogen (secondary N) is 1. The number of carbonyl (C=O) groups is 1. The minimum Gasteiger partial charge on any atom is -0.358 e. The van der Waals surface area contributed by atoms with Crippen molar-refractivity contribution in [2.24, 2.45) is 0 Å². The van der Waals surface area contributed by atoms with Gasteiger partial charge in [0.1, 0.15) is 0 Å². The van der Waals surface area contributed by atoms with Gasteiger partial charge in [-0.25, -0.2) is 4.98 Å². The molecular formula is C19H28N4O2S. The number of para-hydroxylation sites is 1. The summed E-state index contributed by atoms with van der Waals surface area (Å²) in [6, 6.07) is 8.13. The summed E-state index contributed by atoms with van der Waals surface area (Å²) in [6.45, 7) is 9.92. The van der Waals surface area contributed by atoms with Crippen molar-refractivity contribution >= 4 is 28.6 Å².